The molecule has 1 amide bonds. The fraction of sp³-hybridized carbons (Fsp3) is 0.571. The zero-order valence-corrected chi connectivity index (χ0v) is 13.9. The van der Waals surface area contributed by atoms with Crippen LogP contribution in [-0.2, 0) is 11.3 Å². The van der Waals surface area contributed by atoms with Gasteiger partial charge in [-0.2, -0.15) is 4.98 Å². The number of thiazole rings is 1. The van der Waals surface area contributed by atoms with Gasteiger partial charge in [-0.25, -0.2) is 4.98 Å². The van der Waals surface area contributed by atoms with E-state index in [9.17, 15) is 4.79 Å². The van der Waals surface area contributed by atoms with E-state index >= 15 is 0 Å². The largest absolute Gasteiger partial charge is 0.375 e. The lowest BCUT2D eigenvalue weighted by atomic mass is 10.2. The number of ether oxygens (including phenoxy) is 1. The van der Waals surface area contributed by atoms with Crippen LogP contribution in [0.2, 0.25) is 0 Å². The molecule has 0 radical (unpaired) electrons. The third kappa shape index (κ3) is 3.41. The second kappa shape index (κ2) is 6.73. The van der Waals surface area contributed by atoms with E-state index in [2.05, 4.69) is 20.0 Å². The lowest BCUT2D eigenvalue weighted by molar-refractivity contribution is 0.0987. The Bertz CT molecular complexity index is 686. The fourth-order valence-corrected chi connectivity index (χ4v) is 3.50. The van der Waals surface area contributed by atoms with Gasteiger partial charge in [-0.1, -0.05) is 5.16 Å². The fourth-order valence-electron chi connectivity index (χ4n) is 2.66. The van der Waals surface area contributed by atoms with Gasteiger partial charge in [0.2, 0.25) is 5.89 Å². The number of hydrogen-bond acceptors (Lipinski definition) is 8. The maximum atomic E-state index is 11.1. The number of likely N-dealkylation sites (tertiary alicyclic amines) is 1. The van der Waals surface area contributed by atoms with Crippen LogP contribution in [0.5, 0.6) is 0 Å². The molecule has 3 heterocycles. The number of nitrogens with zero attached hydrogens (tertiary/aromatic N) is 4. The van der Waals surface area contributed by atoms with Gasteiger partial charge in [0, 0.05) is 19.0 Å². The van der Waals surface area contributed by atoms with Crippen LogP contribution >= 0.6 is 11.3 Å². The quantitative estimate of drug-likeness (QED) is 0.854. The molecule has 0 unspecified atom stereocenters. The Balaban J connectivity index is 1.71. The second-order valence-electron chi connectivity index (χ2n) is 5.50. The van der Waals surface area contributed by atoms with E-state index in [1.807, 2.05) is 12.3 Å². The van der Waals surface area contributed by atoms with Crippen LogP contribution in [0.1, 0.15) is 59.1 Å². The lowest BCUT2D eigenvalue weighted by Crippen LogP contribution is -2.23. The minimum Gasteiger partial charge on any atom is -0.375 e. The molecule has 1 aliphatic rings. The Kier molecular flexibility index (Phi) is 4.69. The van der Waals surface area contributed by atoms with E-state index in [0.717, 1.165) is 30.1 Å². The number of aromatic nitrogens is 3. The zero-order valence-electron chi connectivity index (χ0n) is 13.1. The summed E-state index contributed by atoms with van der Waals surface area (Å²) in [5, 5.41) is 6.63. The number of hydrogen-bond donors (Lipinski definition) is 1. The van der Waals surface area contributed by atoms with E-state index in [4.69, 9.17) is 15.0 Å². The van der Waals surface area contributed by atoms with Crippen LogP contribution in [0.3, 0.4) is 0 Å². The first-order valence-electron chi connectivity index (χ1n) is 7.43. The second-order valence-corrected chi connectivity index (χ2v) is 6.39. The molecule has 1 fully saturated rings. The van der Waals surface area contributed by atoms with Crippen LogP contribution in [0.15, 0.2) is 9.90 Å². The summed E-state index contributed by atoms with van der Waals surface area (Å²) >= 11 is 1.60. The molecule has 2 atom stereocenters. The van der Waals surface area contributed by atoms with Crippen molar-refractivity contribution in [3.05, 3.63) is 27.8 Å². The zero-order chi connectivity index (χ0) is 16.4. The highest BCUT2D eigenvalue weighted by Crippen LogP contribution is 2.32. The predicted molar refractivity (Wildman–Crippen MR) is 82.7 cm³/mol. The summed E-state index contributed by atoms with van der Waals surface area (Å²) in [4.78, 5) is 22.0. The summed E-state index contributed by atoms with van der Waals surface area (Å²) in [6, 6.07) is 0.000554. The molecule has 124 valence electrons. The lowest BCUT2D eigenvalue weighted by Gasteiger charge is -2.20. The van der Waals surface area contributed by atoms with E-state index in [1.165, 1.54) is 0 Å². The topological polar surface area (TPSA) is 107 Å². The van der Waals surface area contributed by atoms with Gasteiger partial charge >= 0.3 is 0 Å². The molecule has 0 spiro atoms. The highest BCUT2D eigenvalue weighted by molar-refractivity contribution is 7.09. The van der Waals surface area contributed by atoms with Crippen molar-refractivity contribution in [3.8, 4) is 0 Å². The van der Waals surface area contributed by atoms with Crippen LogP contribution in [0.25, 0.3) is 0 Å². The molecule has 2 N–H and O–H groups in total. The molecule has 9 heteroatoms. The molecule has 2 aromatic heterocycles. The Morgan fingerprint density at radius 2 is 2.43 bits per heavy atom. The third-order valence-corrected chi connectivity index (χ3v) is 5.00. The van der Waals surface area contributed by atoms with Gasteiger partial charge in [-0.15, -0.1) is 11.3 Å². The number of carbonyl (C=O) groups excluding carboxylic acids is 1. The molecule has 1 saturated heterocycles. The van der Waals surface area contributed by atoms with Gasteiger partial charge in [0.05, 0.1) is 11.7 Å². The van der Waals surface area contributed by atoms with Gasteiger partial charge in [-0.3, -0.25) is 9.69 Å². The van der Waals surface area contributed by atoms with Crippen LogP contribution in [-0.4, -0.2) is 39.6 Å². The average Bonchev–Trinajstić information content (AvgIpc) is 3.26. The van der Waals surface area contributed by atoms with Crippen molar-refractivity contribution in [2.75, 3.05) is 13.7 Å². The van der Waals surface area contributed by atoms with E-state index in [1.54, 1.807) is 18.4 Å². The molecule has 0 aliphatic carbocycles. The number of rotatable bonds is 6. The van der Waals surface area contributed by atoms with Gasteiger partial charge in [0.15, 0.2) is 0 Å². The van der Waals surface area contributed by atoms with Crippen molar-refractivity contribution < 1.29 is 14.1 Å². The summed E-state index contributed by atoms with van der Waals surface area (Å²) < 4.78 is 10.5. The Hall–Kier alpha value is -1.84. The number of primary amides is 1. The highest BCUT2D eigenvalue weighted by atomic mass is 32.1. The van der Waals surface area contributed by atoms with Crippen molar-refractivity contribution in [2.45, 2.75) is 38.5 Å². The molecule has 0 aromatic carbocycles. The summed E-state index contributed by atoms with van der Waals surface area (Å²) in [5.74, 6) is -0.309. The molecule has 8 nitrogen and oxygen atoms in total. The molecule has 0 bridgehead atoms. The number of nitrogens with two attached hydrogens (primary N) is 1. The van der Waals surface area contributed by atoms with Gasteiger partial charge in [0.1, 0.15) is 11.1 Å². The molecule has 23 heavy (non-hydrogen) atoms. The van der Waals surface area contributed by atoms with Crippen molar-refractivity contribution >= 4 is 17.2 Å². The van der Waals surface area contributed by atoms with Gasteiger partial charge in [-0.05, 0) is 26.3 Å². The molecule has 0 saturated carbocycles. The first-order chi connectivity index (χ1) is 11.1. The predicted octanol–water partition coefficient (Wildman–Crippen LogP) is 1.67. The summed E-state index contributed by atoms with van der Waals surface area (Å²) in [7, 11) is 1.67. The summed E-state index contributed by atoms with van der Waals surface area (Å²) in [6.07, 6.45) is 1.94. The van der Waals surface area contributed by atoms with Crippen LogP contribution < -0.4 is 5.73 Å². The van der Waals surface area contributed by atoms with Crippen LogP contribution in [0, 0.1) is 0 Å². The Labute approximate surface area is 137 Å². The smallest absolute Gasteiger partial charge is 0.290 e. The Morgan fingerprint density at radius 1 is 1.61 bits per heavy atom. The molecule has 2 aromatic rings. The normalized spacial score (nSPS) is 20.0. The molecular formula is C14H19N5O3S. The van der Waals surface area contributed by atoms with Crippen molar-refractivity contribution in [2.24, 2.45) is 5.73 Å². The number of carbonyl (C=O) groups is 1. The van der Waals surface area contributed by atoms with Gasteiger partial charge in [0.25, 0.3) is 11.7 Å². The third-order valence-electron chi connectivity index (χ3n) is 3.95. The number of amides is 1. The van der Waals surface area contributed by atoms with E-state index in [-0.39, 0.29) is 18.0 Å². The monoisotopic (exact) mass is 337 g/mol. The van der Waals surface area contributed by atoms with Crippen molar-refractivity contribution in [1.82, 2.24) is 20.0 Å². The van der Waals surface area contributed by atoms with Crippen LogP contribution in [0.4, 0.5) is 0 Å². The van der Waals surface area contributed by atoms with Gasteiger partial charge < -0.3 is 15.0 Å². The van der Waals surface area contributed by atoms with Crippen molar-refractivity contribution in [1.29, 1.82) is 0 Å². The summed E-state index contributed by atoms with van der Waals surface area (Å²) in [6.45, 7) is 3.60. The highest BCUT2D eigenvalue weighted by Gasteiger charge is 2.31. The minimum atomic E-state index is -0.678. The average molecular weight is 337 g/mol. The number of methoxy groups -OCH3 is 1. The SMILES string of the molecule is CO[C@@H](C)c1nc(CN2CCC[C@@H]2c2nc(C(N)=O)no2)cs1. The molecule has 1 aliphatic heterocycles. The standard InChI is InChI=1S/C14H19N5O3S/c1-8(21-2)14-16-9(7-23-14)6-19-5-3-4-10(19)13-17-12(11(15)20)18-22-13/h7-8,10H,3-6H2,1-2H3,(H2,15,20)/t8-,10+/m0/s1. The van der Waals surface area contributed by atoms with Crippen molar-refractivity contribution in [3.63, 3.8) is 0 Å². The Morgan fingerprint density at radius 3 is 3.13 bits per heavy atom. The molecular weight excluding hydrogens is 318 g/mol. The van der Waals surface area contributed by atoms with E-state index in [0.29, 0.717) is 12.4 Å². The first-order valence-corrected chi connectivity index (χ1v) is 8.31. The first kappa shape index (κ1) is 16.0. The maximum absolute atomic E-state index is 11.1. The maximum Gasteiger partial charge on any atom is 0.290 e. The minimum absolute atomic E-state index is 0.000554. The van der Waals surface area contributed by atoms with E-state index < -0.39 is 5.91 Å². The summed E-state index contributed by atoms with van der Waals surface area (Å²) in [5.41, 5.74) is 6.17. The molecule has 3 rings (SSSR count).